The Balaban J connectivity index is 1.47. The highest BCUT2D eigenvalue weighted by Crippen LogP contribution is 2.46. The number of carbonyl (C=O) groups is 1. The van der Waals surface area contributed by atoms with Crippen molar-refractivity contribution >= 4 is 5.91 Å². The number of para-hydroxylation sites is 1. The molecule has 0 unspecified atom stereocenters. The van der Waals surface area contributed by atoms with Gasteiger partial charge >= 0.3 is 0 Å². The van der Waals surface area contributed by atoms with Crippen LogP contribution in [-0.2, 0) is 4.79 Å². The molecule has 30 heavy (non-hydrogen) atoms. The van der Waals surface area contributed by atoms with Gasteiger partial charge in [0.2, 0.25) is 0 Å². The van der Waals surface area contributed by atoms with E-state index in [1.807, 2.05) is 31.2 Å². The van der Waals surface area contributed by atoms with Crippen molar-refractivity contribution in [2.45, 2.75) is 76.9 Å². The molecule has 1 saturated carbocycles. The van der Waals surface area contributed by atoms with Gasteiger partial charge in [0, 0.05) is 12.0 Å². The van der Waals surface area contributed by atoms with Crippen molar-refractivity contribution in [3.8, 4) is 11.5 Å². The molecule has 0 bridgehead atoms. The Bertz CT molecular complexity index is 899. The van der Waals surface area contributed by atoms with Gasteiger partial charge in [0.1, 0.15) is 17.1 Å². The number of hydrogen-bond acceptors (Lipinski definition) is 3. The van der Waals surface area contributed by atoms with Crippen molar-refractivity contribution < 1.29 is 14.3 Å². The molecule has 2 aromatic rings. The van der Waals surface area contributed by atoms with Gasteiger partial charge in [-0.3, -0.25) is 4.79 Å². The van der Waals surface area contributed by atoms with Gasteiger partial charge in [0.25, 0.3) is 5.91 Å². The topological polar surface area (TPSA) is 47.6 Å². The minimum Gasteiger partial charge on any atom is -0.487 e. The molecule has 160 valence electrons. The zero-order chi connectivity index (χ0) is 21.1. The molecular formula is C26H33NO3. The zero-order valence-corrected chi connectivity index (χ0v) is 18.4. The molecule has 2 aromatic carbocycles. The Hall–Kier alpha value is -2.49. The molecule has 4 rings (SSSR count). The summed E-state index contributed by atoms with van der Waals surface area (Å²) < 4.78 is 12.4. The van der Waals surface area contributed by atoms with Crippen molar-refractivity contribution in [1.82, 2.24) is 5.32 Å². The van der Waals surface area contributed by atoms with Gasteiger partial charge in [-0.2, -0.15) is 0 Å². The highest BCUT2D eigenvalue weighted by molar-refractivity contribution is 5.78. The number of amides is 1. The third-order valence-corrected chi connectivity index (χ3v) is 6.45. The molecule has 2 aliphatic rings. The molecule has 4 heteroatoms. The fraction of sp³-hybridized carbons (Fsp3) is 0.500. The Kier molecular flexibility index (Phi) is 6.03. The normalized spacial score (nSPS) is 19.8. The summed E-state index contributed by atoms with van der Waals surface area (Å²) in [5.74, 6) is 1.98. The molecule has 1 atom stereocenters. The number of fused-ring (bicyclic) bond motifs is 1. The Morgan fingerprint density at radius 2 is 1.93 bits per heavy atom. The first-order valence-electron chi connectivity index (χ1n) is 11.3. The fourth-order valence-electron chi connectivity index (χ4n) is 4.87. The summed E-state index contributed by atoms with van der Waals surface area (Å²) >= 11 is 0. The molecule has 1 N–H and O–H groups in total. The molecule has 1 spiro atoms. The molecule has 0 saturated heterocycles. The number of hydrogen-bond donors (Lipinski definition) is 1. The molecule has 1 fully saturated rings. The van der Waals surface area contributed by atoms with Crippen LogP contribution in [0.2, 0.25) is 0 Å². The van der Waals surface area contributed by atoms with E-state index >= 15 is 0 Å². The lowest BCUT2D eigenvalue weighted by atomic mass is 9.77. The summed E-state index contributed by atoms with van der Waals surface area (Å²) in [5.41, 5.74) is 3.19. The van der Waals surface area contributed by atoms with Crippen LogP contribution in [-0.4, -0.2) is 18.1 Å². The van der Waals surface area contributed by atoms with E-state index in [1.165, 1.54) is 19.3 Å². The molecule has 4 nitrogen and oxygen atoms in total. The summed E-state index contributed by atoms with van der Waals surface area (Å²) in [4.78, 5) is 12.9. The average molecular weight is 408 g/mol. The first-order valence-corrected chi connectivity index (χ1v) is 11.3. The monoisotopic (exact) mass is 407 g/mol. The van der Waals surface area contributed by atoms with Gasteiger partial charge < -0.3 is 14.8 Å². The summed E-state index contributed by atoms with van der Waals surface area (Å²) in [6, 6.07) is 14.3. The third kappa shape index (κ3) is 4.48. The maximum Gasteiger partial charge on any atom is 0.258 e. The van der Waals surface area contributed by atoms with Crippen LogP contribution in [0.15, 0.2) is 42.5 Å². The molecule has 1 aliphatic carbocycles. The largest absolute Gasteiger partial charge is 0.487 e. The second-order valence-corrected chi connectivity index (χ2v) is 9.19. The van der Waals surface area contributed by atoms with Crippen LogP contribution in [0.5, 0.6) is 11.5 Å². The van der Waals surface area contributed by atoms with Crippen molar-refractivity contribution in [1.29, 1.82) is 0 Å². The summed E-state index contributed by atoms with van der Waals surface area (Å²) in [5, 5.41) is 3.24. The van der Waals surface area contributed by atoms with Crippen LogP contribution in [0.3, 0.4) is 0 Å². The second kappa shape index (κ2) is 8.71. The zero-order valence-electron chi connectivity index (χ0n) is 18.4. The van der Waals surface area contributed by atoms with Crippen LogP contribution < -0.4 is 14.8 Å². The predicted octanol–water partition coefficient (Wildman–Crippen LogP) is 5.84. The van der Waals surface area contributed by atoms with Crippen molar-refractivity contribution in [3.05, 3.63) is 59.2 Å². The molecule has 0 aromatic heterocycles. The Morgan fingerprint density at radius 1 is 1.17 bits per heavy atom. The Labute approximate surface area is 180 Å². The standard InChI is InChI=1S/C26H33NO3/c1-18(2)20-12-11-19(3)15-24(20)29-17-25(28)27-22-16-26(13-7-4-8-14-26)30-23-10-6-5-9-21(22)23/h5-6,9-12,15,18,22H,4,7-8,13-14,16-17H2,1-3H3,(H,27,28)/t22-/m0/s1. The summed E-state index contributed by atoms with van der Waals surface area (Å²) in [6.45, 7) is 6.34. The lowest BCUT2D eigenvalue weighted by Crippen LogP contribution is -2.47. The first kappa shape index (κ1) is 20.8. The van der Waals surface area contributed by atoms with E-state index < -0.39 is 0 Å². The number of carbonyl (C=O) groups excluding carboxylic acids is 1. The second-order valence-electron chi connectivity index (χ2n) is 9.19. The quantitative estimate of drug-likeness (QED) is 0.677. The van der Waals surface area contributed by atoms with E-state index in [1.54, 1.807) is 0 Å². The fourth-order valence-corrected chi connectivity index (χ4v) is 4.87. The lowest BCUT2D eigenvalue weighted by Gasteiger charge is -2.44. The minimum atomic E-state index is -0.146. The SMILES string of the molecule is Cc1ccc(C(C)C)c(OCC(=O)N[C@H]2CC3(CCCCC3)Oc3ccccc32)c1. The number of rotatable bonds is 5. The van der Waals surface area contributed by atoms with Crippen molar-refractivity contribution in [2.75, 3.05) is 6.61 Å². The molecule has 1 amide bonds. The van der Waals surface area contributed by atoms with E-state index in [2.05, 4.69) is 37.4 Å². The van der Waals surface area contributed by atoms with E-state index in [-0.39, 0.29) is 24.2 Å². The number of nitrogens with one attached hydrogen (secondary N) is 1. The molecule has 1 aliphatic heterocycles. The van der Waals surface area contributed by atoms with E-state index in [0.29, 0.717) is 5.92 Å². The maximum atomic E-state index is 12.9. The van der Waals surface area contributed by atoms with Crippen LogP contribution in [0.1, 0.15) is 81.0 Å². The maximum absolute atomic E-state index is 12.9. The summed E-state index contributed by atoms with van der Waals surface area (Å²) in [6.07, 6.45) is 6.61. The van der Waals surface area contributed by atoms with E-state index in [9.17, 15) is 4.79 Å². The average Bonchev–Trinajstić information content (AvgIpc) is 2.72. The minimum absolute atomic E-state index is 0.0235. The van der Waals surface area contributed by atoms with Crippen LogP contribution in [0, 0.1) is 6.92 Å². The highest BCUT2D eigenvalue weighted by Gasteiger charge is 2.42. The smallest absolute Gasteiger partial charge is 0.258 e. The summed E-state index contributed by atoms with van der Waals surface area (Å²) in [7, 11) is 0. The first-order chi connectivity index (χ1) is 14.5. The van der Waals surface area contributed by atoms with Gasteiger partial charge in [-0.15, -0.1) is 0 Å². The number of aryl methyl sites for hydroxylation is 1. The molecular weight excluding hydrogens is 374 g/mol. The van der Waals surface area contributed by atoms with Gasteiger partial charge in [0.05, 0.1) is 6.04 Å². The Morgan fingerprint density at radius 3 is 2.70 bits per heavy atom. The predicted molar refractivity (Wildman–Crippen MR) is 119 cm³/mol. The highest BCUT2D eigenvalue weighted by atomic mass is 16.5. The van der Waals surface area contributed by atoms with Gasteiger partial charge in [-0.05, 0) is 61.8 Å². The van der Waals surface area contributed by atoms with Gasteiger partial charge in [-0.1, -0.05) is 50.6 Å². The van der Waals surface area contributed by atoms with Gasteiger partial charge in [-0.25, -0.2) is 0 Å². The van der Waals surface area contributed by atoms with Crippen molar-refractivity contribution in [3.63, 3.8) is 0 Å². The van der Waals surface area contributed by atoms with Crippen molar-refractivity contribution in [2.24, 2.45) is 0 Å². The molecule has 1 heterocycles. The van der Waals surface area contributed by atoms with Crippen LogP contribution in [0.25, 0.3) is 0 Å². The lowest BCUT2D eigenvalue weighted by molar-refractivity contribution is -0.124. The van der Waals surface area contributed by atoms with E-state index in [4.69, 9.17) is 9.47 Å². The van der Waals surface area contributed by atoms with Gasteiger partial charge in [0.15, 0.2) is 6.61 Å². The van der Waals surface area contributed by atoms with Crippen LogP contribution >= 0.6 is 0 Å². The molecule has 0 radical (unpaired) electrons. The van der Waals surface area contributed by atoms with Crippen LogP contribution in [0.4, 0.5) is 0 Å². The number of ether oxygens (including phenoxy) is 2. The number of benzene rings is 2. The third-order valence-electron chi connectivity index (χ3n) is 6.45. The van der Waals surface area contributed by atoms with E-state index in [0.717, 1.165) is 47.5 Å².